The number of benzene rings is 2. The molecule has 1 aliphatic rings. The first-order valence-electron chi connectivity index (χ1n) is 15.3. The fourth-order valence-corrected chi connectivity index (χ4v) is 7.08. The molecule has 1 aliphatic heterocycles. The molecule has 3 aromatic rings. The van der Waals surface area contributed by atoms with Gasteiger partial charge in [-0.05, 0) is 66.5 Å². The Bertz CT molecular complexity index is 1140. The largest absolute Gasteiger partial charge is 0.379 e. The molecular formula is C34H47BrO4S. The molecule has 4 nitrogen and oxygen atoms in total. The number of fused-ring (bicyclic) bond motifs is 1. The highest BCUT2D eigenvalue weighted by Crippen LogP contribution is 2.40. The van der Waals surface area contributed by atoms with Crippen molar-refractivity contribution in [2.24, 2.45) is 0 Å². The SMILES string of the molecule is CCCCOC[C@@H]1C[C@H](OCCCC)[C@@H](OCCCC)[C@H](c2cc(Cc3cc4ccccc4s3)c(C)cc2Br)O1. The lowest BCUT2D eigenvalue weighted by molar-refractivity contribution is -0.213. The third-order valence-corrected chi connectivity index (χ3v) is 9.49. The zero-order valence-corrected chi connectivity index (χ0v) is 27.2. The first-order valence-corrected chi connectivity index (χ1v) is 16.9. The molecule has 2 heterocycles. The Kier molecular flexibility index (Phi) is 13.0. The number of rotatable bonds is 16. The Morgan fingerprint density at radius 2 is 1.65 bits per heavy atom. The molecular weight excluding hydrogens is 584 g/mol. The van der Waals surface area contributed by atoms with Gasteiger partial charge < -0.3 is 18.9 Å². The predicted molar refractivity (Wildman–Crippen MR) is 171 cm³/mol. The quantitative estimate of drug-likeness (QED) is 0.148. The second-order valence-electron chi connectivity index (χ2n) is 11.0. The van der Waals surface area contributed by atoms with Crippen LogP contribution in [0.4, 0.5) is 0 Å². The maximum Gasteiger partial charge on any atom is 0.114 e. The van der Waals surface area contributed by atoms with Crippen LogP contribution in [0.25, 0.3) is 10.1 Å². The number of aryl methyl sites for hydroxylation is 1. The van der Waals surface area contributed by atoms with Gasteiger partial charge in [0.1, 0.15) is 12.2 Å². The number of thiophene rings is 1. The Morgan fingerprint density at radius 1 is 0.925 bits per heavy atom. The topological polar surface area (TPSA) is 36.9 Å². The van der Waals surface area contributed by atoms with Crippen LogP contribution in [0.5, 0.6) is 0 Å². The fourth-order valence-electron chi connectivity index (χ4n) is 5.30. The Morgan fingerprint density at radius 3 is 2.40 bits per heavy atom. The second kappa shape index (κ2) is 16.4. The van der Waals surface area contributed by atoms with E-state index in [-0.39, 0.29) is 24.4 Å². The molecule has 0 amide bonds. The molecule has 0 bridgehead atoms. The van der Waals surface area contributed by atoms with Crippen molar-refractivity contribution in [3.05, 3.63) is 68.5 Å². The molecule has 4 atom stereocenters. The van der Waals surface area contributed by atoms with Crippen molar-refractivity contribution >= 4 is 37.4 Å². The molecule has 4 rings (SSSR count). The van der Waals surface area contributed by atoms with Gasteiger partial charge in [-0.1, -0.05) is 80.2 Å². The number of hydrogen-bond donors (Lipinski definition) is 0. The van der Waals surface area contributed by atoms with Crippen molar-refractivity contribution in [2.45, 2.75) is 103 Å². The van der Waals surface area contributed by atoms with Crippen LogP contribution in [0.15, 0.2) is 46.9 Å². The molecule has 2 aromatic carbocycles. The summed E-state index contributed by atoms with van der Waals surface area (Å²) >= 11 is 5.79. The molecule has 40 heavy (non-hydrogen) atoms. The van der Waals surface area contributed by atoms with Gasteiger partial charge in [0, 0.05) is 46.7 Å². The predicted octanol–water partition coefficient (Wildman–Crippen LogP) is 9.58. The fraction of sp³-hybridized carbons (Fsp3) is 0.588. The summed E-state index contributed by atoms with van der Waals surface area (Å²) in [5.74, 6) is 0. The number of halogens is 1. The molecule has 6 heteroatoms. The Balaban J connectivity index is 1.63. The number of hydrogen-bond acceptors (Lipinski definition) is 5. The van der Waals surface area contributed by atoms with Gasteiger partial charge in [-0.25, -0.2) is 0 Å². The van der Waals surface area contributed by atoms with Crippen LogP contribution in [0.3, 0.4) is 0 Å². The molecule has 0 aliphatic carbocycles. The van der Waals surface area contributed by atoms with Crippen LogP contribution >= 0.6 is 27.3 Å². The average molecular weight is 632 g/mol. The van der Waals surface area contributed by atoms with Crippen molar-refractivity contribution < 1.29 is 18.9 Å². The van der Waals surface area contributed by atoms with Gasteiger partial charge in [0.2, 0.25) is 0 Å². The van der Waals surface area contributed by atoms with E-state index in [9.17, 15) is 0 Å². The first-order chi connectivity index (χ1) is 19.5. The van der Waals surface area contributed by atoms with E-state index in [1.807, 2.05) is 11.3 Å². The van der Waals surface area contributed by atoms with Gasteiger partial charge in [-0.2, -0.15) is 0 Å². The molecule has 1 saturated heterocycles. The van der Waals surface area contributed by atoms with E-state index in [0.717, 1.165) is 74.6 Å². The van der Waals surface area contributed by atoms with Crippen molar-refractivity contribution in [3.63, 3.8) is 0 Å². The molecule has 1 aromatic heterocycles. The highest BCUT2D eigenvalue weighted by Gasteiger charge is 2.42. The third kappa shape index (κ3) is 8.62. The van der Waals surface area contributed by atoms with E-state index in [4.69, 9.17) is 18.9 Å². The summed E-state index contributed by atoms with van der Waals surface area (Å²) < 4.78 is 28.4. The van der Waals surface area contributed by atoms with Crippen molar-refractivity contribution in [3.8, 4) is 0 Å². The molecule has 220 valence electrons. The summed E-state index contributed by atoms with van der Waals surface area (Å²) in [6, 6.07) is 15.6. The molecule has 1 fully saturated rings. The number of unbranched alkanes of at least 4 members (excludes halogenated alkanes) is 3. The third-order valence-electron chi connectivity index (χ3n) is 7.69. The summed E-state index contributed by atoms with van der Waals surface area (Å²) in [6.45, 7) is 11.6. The zero-order valence-electron chi connectivity index (χ0n) is 24.8. The van der Waals surface area contributed by atoms with Crippen molar-refractivity contribution in [1.82, 2.24) is 0 Å². The maximum absolute atomic E-state index is 6.85. The van der Waals surface area contributed by atoms with Gasteiger partial charge in [-0.15, -0.1) is 11.3 Å². The summed E-state index contributed by atoms with van der Waals surface area (Å²) in [4.78, 5) is 1.38. The second-order valence-corrected chi connectivity index (χ2v) is 13.0. The minimum absolute atomic E-state index is 0.0267. The van der Waals surface area contributed by atoms with E-state index in [1.165, 1.54) is 26.1 Å². The van der Waals surface area contributed by atoms with Crippen LogP contribution < -0.4 is 0 Å². The standard InChI is InChI=1S/C34H47BrO4S/c1-5-8-15-36-23-27-22-31(37-16-9-6-2)34(38-17-10-7-3)33(39-27)29-21-26(24(4)18-30(29)35)20-28-19-25-13-11-12-14-32(25)40-28/h11-14,18-19,21,27,31,33-34H,5-10,15-17,20,22-23H2,1-4H3/t27-,31-,33-,34+/m0/s1. The maximum atomic E-state index is 6.85. The number of ether oxygens (including phenoxy) is 4. The van der Waals surface area contributed by atoms with E-state index in [1.54, 1.807) is 0 Å². The lowest BCUT2D eigenvalue weighted by Gasteiger charge is -2.42. The minimum Gasteiger partial charge on any atom is -0.379 e. The van der Waals surface area contributed by atoms with Crippen LogP contribution in [0.1, 0.15) is 93.4 Å². The molecule has 0 unspecified atom stereocenters. The van der Waals surface area contributed by atoms with Gasteiger partial charge in [0.25, 0.3) is 0 Å². The average Bonchev–Trinajstić information content (AvgIpc) is 3.36. The highest BCUT2D eigenvalue weighted by molar-refractivity contribution is 9.10. The van der Waals surface area contributed by atoms with Crippen LogP contribution in [0, 0.1) is 6.92 Å². The van der Waals surface area contributed by atoms with Gasteiger partial charge in [0.15, 0.2) is 0 Å². The molecule has 0 radical (unpaired) electrons. The van der Waals surface area contributed by atoms with E-state index in [0.29, 0.717) is 13.2 Å². The Hall–Kier alpha value is -1.28. The van der Waals surface area contributed by atoms with E-state index < -0.39 is 0 Å². The Labute approximate surface area is 253 Å². The monoisotopic (exact) mass is 630 g/mol. The lowest BCUT2D eigenvalue weighted by Crippen LogP contribution is -2.48. The van der Waals surface area contributed by atoms with Crippen LogP contribution in [-0.4, -0.2) is 44.7 Å². The normalized spacial score (nSPS) is 21.3. The van der Waals surface area contributed by atoms with Crippen LogP contribution in [0.2, 0.25) is 0 Å². The smallest absolute Gasteiger partial charge is 0.114 e. The lowest BCUT2D eigenvalue weighted by atomic mass is 9.90. The summed E-state index contributed by atoms with van der Waals surface area (Å²) in [5.41, 5.74) is 3.75. The summed E-state index contributed by atoms with van der Waals surface area (Å²) in [5, 5.41) is 1.32. The van der Waals surface area contributed by atoms with E-state index in [2.05, 4.69) is 86.1 Å². The van der Waals surface area contributed by atoms with Crippen molar-refractivity contribution in [1.29, 1.82) is 0 Å². The van der Waals surface area contributed by atoms with Crippen LogP contribution in [-0.2, 0) is 25.4 Å². The molecule has 0 N–H and O–H groups in total. The zero-order chi connectivity index (χ0) is 28.3. The summed E-state index contributed by atoms with van der Waals surface area (Å²) in [6.07, 6.45) is 7.74. The van der Waals surface area contributed by atoms with Gasteiger partial charge >= 0.3 is 0 Å². The van der Waals surface area contributed by atoms with E-state index >= 15 is 0 Å². The van der Waals surface area contributed by atoms with Crippen molar-refractivity contribution in [2.75, 3.05) is 26.4 Å². The highest BCUT2D eigenvalue weighted by atomic mass is 79.9. The minimum atomic E-state index is -0.229. The van der Waals surface area contributed by atoms with Gasteiger partial charge in [-0.3, -0.25) is 0 Å². The summed E-state index contributed by atoms with van der Waals surface area (Å²) in [7, 11) is 0. The molecule has 0 spiro atoms. The first kappa shape index (κ1) is 31.7. The van der Waals surface area contributed by atoms with Gasteiger partial charge in [0.05, 0.1) is 18.8 Å². The molecule has 0 saturated carbocycles.